The Balaban J connectivity index is 2.17. The number of hydrogen-bond acceptors (Lipinski definition) is 6. The molecular weight excluding hydrogens is 270 g/mol. The monoisotopic (exact) mass is 291 g/mol. The number of aryl methyl sites for hydroxylation is 1. The van der Waals surface area contributed by atoms with Gasteiger partial charge in [-0.05, 0) is 20.3 Å². The predicted octanol–water partition coefficient (Wildman–Crippen LogP) is 3.01. The van der Waals surface area contributed by atoms with Crippen molar-refractivity contribution in [3.63, 3.8) is 0 Å². The number of thiazole rings is 1. The molecule has 108 valence electrons. The predicted molar refractivity (Wildman–Crippen MR) is 84.5 cm³/mol. The van der Waals surface area contributed by atoms with Crippen LogP contribution in [-0.2, 0) is 6.54 Å². The summed E-state index contributed by atoms with van der Waals surface area (Å²) in [5, 5.41) is 3.34. The molecule has 1 N–H and O–H groups in total. The highest BCUT2D eigenvalue weighted by Crippen LogP contribution is 2.24. The van der Waals surface area contributed by atoms with Gasteiger partial charge in [0, 0.05) is 24.0 Å². The molecule has 2 aromatic heterocycles. The smallest absolute Gasteiger partial charge is 0.137 e. The zero-order chi connectivity index (χ0) is 14.5. The van der Waals surface area contributed by atoms with Gasteiger partial charge in [0.25, 0.3) is 0 Å². The largest absolute Gasteiger partial charge is 0.370 e. The van der Waals surface area contributed by atoms with E-state index in [0.29, 0.717) is 0 Å². The van der Waals surface area contributed by atoms with Gasteiger partial charge in [0.05, 0.1) is 17.7 Å². The summed E-state index contributed by atoms with van der Waals surface area (Å²) in [5.74, 6) is 1.89. The van der Waals surface area contributed by atoms with Crippen LogP contribution in [0.2, 0.25) is 0 Å². The summed E-state index contributed by atoms with van der Waals surface area (Å²) in [7, 11) is 2.05. The first kappa shape index (κ1) is 14.7. The summed E-state index contributed by atoms with van der Waals surface area (Å²) in [4.78, 5) is 16.4. The second kappa shape index (κ2) is 6.65. The van der Waals surface area contributed by atoms with Gasteiger partial charge in [-0.3, -0.25) is 0 Å². The number of aromatic nitrogens is 3. The van der Waals surface area contributed by atoms with Crippen LogP contribution in [0.1, 0.15) is 29.5 Å². The molecule has 2 heterocycles. The summed E-state index contributed by atoms with van der Waals surface area (Å²) < 4.78 is 0. The molecule has 5 nitrogen and oxygen atoms in total. The second-order valence-electron chi connectivity index (χ2n) is 4.81. The van der Waals surface area contributed by atoms with Crippen LogP contribution in [0.4, 0.5) is 11.6 Å². The third kappa shape index (κ3) is 3.25. The highest BCUT2D eigenvalue weighted by Gasteiger charge is 2.13. The molecule has 0 spiro atoms. The van der Waals surface area contributed by atoms with Crippen LogP contribution in [0, 0.1) is 13.8 Å². The van der Waals surface area contributed by atoms with Crippen LogP contribution >= 0.6 is 11.3 Å². The van der Waals surface area contributed by atoms with Gasteiger partial charge in [-0.15, -0.1) is 11.3 Å². The molecule has 0 saturated heterocycles. The molecule has 6 heteroatoms. The second-order valence-corrected chi connectivity index (χ2v) is 5.75. The molecule has 0 atom stereocenters. The normalized spacial score (nSPS) is 10.6. The van der Waals surface area contributed by atoms with Crippen molar-refractivity contribution in [1.29, 1.82) is 0 Å². The summed E-state index contributed by atoms with van der Waals surface area (Å²) >= 11 is 1.68. The lowest BCUT2D eigenvalue weighted by Gasteiger charge is -2.21. The van der Waals surface area contributed by atoms with E-state index in [0.717, 1.165) is 42.4 Å². The van der Waals surface area contributed by atoms with Gasteiger partial charge < -0.3 is 10.2 Å². The van der Waals surface area contributed by atoms with E-state index in [1.807, 2.05) is 12.4 Å². The lowest BCUT2D eigenvalue weighted by atomic mass is 10.2. The van der Waals surface area contributed by atoms with Crippen LogP contribution in [0.5, 0.6) is 0 Å². The minimum absolute atomic E-state index is 0.821. The molecule has 0 aliphatic carbocycles. The molecular formula is C14H21N5S. The average Bonchev–Trinajstić information content (AvgIpc) is 2.83. The zero-order valence-corrected chi connectivity index (χ0v) is 13.3. The Labute approximate surface area is 124 Å². The van der Waals surface area contributed by atoms with E-state index >= 15 is 0 Å². The van der Waals surface area contributed by atoms with Gasteiger partial charge in [-0.2, -0.15) is 0 Å². The van der Waals surface area contributed by atoms with E-state index in [4.69, 9.17) is 0 Å². The van der Waals surface area contributed by atoms with Crippen molar-refractivity contribution in [2.75, 3.05) is 23.8 Å². The summed E-state index contributed by atoms with van der Waals surface area (Å²) in [5.41, 5.74) is 4.07. The van der Waals surface area contributed by atoms with Gasteiger partial charge in [-0.1, -0.05) is 6.92 Å². The Kier molecular flexibility index (Phi) is 4.89. The van der Waals surface area contributed by atoms with Crippen LogP contribution in [-0.4, -0.2) is 28.5 Å². The standard InChI is InChI=1S/C14H21N5S/c1-5-6-15-13-10(2)14(17-8-16-13)19(4)7-12-11(3)18-9-20-12/h8-9H,5-7H2,1-4H3,(H,15,16,17). The van der Waals surface area contributed by atoms with Gasteiger partial charge in [0.1, 0.15) is 18.0 Å². The van der Waals surface area contributed by atoms with Crippen LogP contribution in [0.3, 0.4) is 0 Å². The Morgan fingerprint density at radius 1 is 1.25 bits per heavy atom. The van der Waals surface area contributed by atoms with Crippen molar-refractivity contribution < 1.29 is 0 Å². The number of hydrogen-bond donors (Lipinski definition) is 1. The summed E-state index contributed by atoms with van der Waals surface area (Å²) in [6.45, 7) is 7.99. The highest BCUT2D eigenvalue weighted by molar-refractivity contribution is 7.09. The van der Waals surface area contributed by atoms with Crippen molar-refractivity contribution in [2.24, 2.45) is 0 Å². The van der Waals surface area contributed by atoms with E-state index in [1.54, 1.807) is 17.7 Å². The van der Waals surface area contributed by atoms with E-state index in [9.17, 15) is 0 Å². The number of rotatable bonds is 6. The third-order valence-corrected chi connectivity index (χ3v) is 4.11. The van der Waals surface area contributed by atoms with E-state index in [2.05, 4.69) is 46.1 Å². The first-order chi connectivity index (χ1) is 9.63. The highest BCUT2D eigenvalue weighted by atomic mass is 32.1. The molecule has 0 radical (unpaired) electrons. The molecule has 0 amide bonds. The quantitative estimate of drug-likeness (QED) is 0.886. The Morgan fingerprint density at radius 3 is 2.70 bits per heavy atom. The maximum Gasteiger partial charge on any atom is 0.137 e. The molecule has 0 aromatic carbocycles. The first-order valence-corrected chi connectivity index (χ1v) is 7.67. The molecule has 0 unspecified atom stereocenters. The molecule has 0 aliphatic heterocycles. The number of nitrogens with one attached hydrogen (secondary N) is 1. The fourth-order valence-corrected chi connectivity index (χ4v) is 2.85. The van der Waals surface area contributed by atoms with Gasteiger partial charge in [0.15, 0.2) is 0 Å². The minimum atomic E-state index is 0.821. The van der Waals surface area contributed by atoms with Crippen LogP contribution in [0.25, 0.3) is 0 Å². The molecule has 0 aliphatic rings. The molecule has 20 heavy (non-hydrogen) atoms. The SMILES string of the molecule is CCCNc1ncnc(N(C)Cc2scnc2C)c1C. The Morgan fingerprint density at radius 2 is 2.05 bits per heavy atom. The molecule has 0 saturated carbocycles. The van der Waals surface area contributed by atoms with Crippen molar-refractivity contribution in [1.82, 2.24) is 15.0 Å². The Hall–Kier alpha value is -1.69. The lowest BCUT2D eigenvalue weighted by molar-refractivity contribution is 0.881. The van der Waals surface area contributed by atoms with Gasteiger partial charge >= 0.3 is 0 Å². The van der Waals surface area contributed by atoms with Crippen LogP contribution < -0.4 is 10.2 Å². The topological polar surface area (TPSA) is 53.9 Å². The van der Waals surface area contributed by atoms with Crippen molar-refractivity contribution in [2.45, 2.75) is 33.7 Å². The van der Waals surface area contributed by atoms with E-state index < -0.39 is 0 Å². The fraction of sp³-hybridized carbons (Fsp3) is 0.500. The summed E-state index contributed by atoms with van der Waals surface area (Å²) in [6.07, 6.45) is 2.70. The molecule has 0 fully saturated rings. The maximum atomic E-state index is 4.42. The number of nitrogens with zero attached hydrogens (tertiary/aromatic N) is 4. The van der Waals surface area contributed by atoms with Gasteiger partial charge in [-0.25, -0.2) is 15.0 Å². The molecule has 0 bridgehead atoms. The third-order valence-electron chi connectivity index (χ3n) is 3.19. The Bertz CT molecular complexity index is 566. The molecule has 2 aromatic rings. The van der Waals surface area contributed by atoms with E-state index in [1.165, 1.54) is 4.88 Å². The van der Waals surface area contributed by atoms with Crippen molar-refractivity contribution in [3.05, 3.63) is 28.0 Å². The average molecular weight is 291 g/mol. The number of anilines is 2. The van der Waals surface area contributed by atoms with E-state index in [-0.39, 0.29) is 0 Å². The molecule has 2 rings (SSSR count). The first-order valence-electron chi connectivity index (χ1n) is 6.79. The lowest BCUT2D eigenvalue weighted by Crippen LogP contribution is -2.20. The zero-order valence-electron chi connectivity index (χ0n) is 12.5. The summed E-state index contributed by atoms with van der Waals surface area (Å²) in [6, 6.07) is 0. The van der Waals surface area contributed by atoms with Crippen molar-refractivity contribution >= 4 is 23.0 Å². The fourth-order valence-electron chi connectivity index (χ4n) is 2.02. The van der Waals surface area contributed by atoms with Crippen LogP contribution in [0.15, 0.2) is 11.8 Å². The minimum Gasteiger partial charge on any atom is -0.370 e. The van der Waals surface area contributed by atoms with Gasteiger partial charge in [0.2, 0.25) is 0 Å². The maximum absolute atomic E-state index is 4.42. The van der Waals surface area contributed by atoms with Crippen molar-refractivity contribution in [3.8, 4) is 0 Å².